The Bertz CT molecular complexity index is 135. The zero-order chi connectivity index (χ0) is 11.0. The molecule has 1 nitrogen and oxygen atoms in total. The van der Waals surface area contributed by atoms with Gasteiger partial charge in [0, 0.05) is 12.3 Å². The Balaban J connectivity index is 3.29. The van der Waals surface area contributed by atoms with Gasteiger partial charge < -0.3 is 5.32 Å². The van der Waals surface area contributed by atoms with Crippen LogP contribution in [0.25, 0.3) is 0 Å². The van der Waals surface area contributed by atoms with Crippen molar-refractivity contribution in [2.75, 3.05) is 18.8 Å². The van der Waals surface area contributed by atoms with E-state index in [2.05, 4.69) is 19.2 Å². The van der Waals surface area contributed by atoms with Gasteiger partial charge in [0.05, 0.1) is 0 Å². The van der Waals surface area contributed by atoms with Gasteiger partial charge in [-0.15, -0.1) is 0 Å². The van der Waals surface area contributed by atoms with Gasteiger partial charge in [0.1, 0.15) is 0 Å². The third kappa shape index (κ3) is 8.69. The summed E-state index contributed by atoms with van der Waals surface area (Å²) in [6.07, 6.45) is 2.16. The highest BCUT2D eigenvalue weighted by Gasteiger charge is 2.27. The fourth-order valence-electron chi connectivity index (χ4n) is 1.12. The number of halogens is 3. The third-order valence-corrected chi connectivity index (χ3v) is 2.87. The molecule has 0 unspecified atom stereocenters. The summed E-state index contributed by atoms with van der Waals surface area (Å²) in [5, 5.41) is 3.04. The smallest absolute Gasteiger partial charge is 0.316 e. The van der Waals surface area contributed by atoms with Gasteiger partial charge in [-0.05, 0) is 24.2 Å². The molecule has 0 heterocycles. The zero-order valence-electron chi connectivity index (χ0n) is 8.66. The summed E-state index contributed by atoms with van der Waals surface area (Å²) in [5.74, 6) is 0.690. The third-order valence-electron chi connectivity index (χ3n) is 2.13. The van der Waals surface area contributed by atoms with Crippen LogP contribution < -0.4 is 5.32 Å². The molecular formula is C9H18F3NS. The van der Waals surface area contributed by atoms with Crippen molar-refractivity contribution < 1.29 is 13.2 Å². The number of nitrogens with one attached hydrogen (secondary N) is 1. The lowest BCUT2D eigenvalue weighted by Gasteiger charge is -2.13. The average Bonchev–Trinajstić information content (AvgIpc) is 2.09. The molecule has 0 aromatic heterocycles. The maximum Gasteiger partial charge on any atom is 0.441 e. The van der Waals surface area contributed by atoms with Gasteiger partial charge in [-0.3, -0.25) is 0 Å². The SMILES string of the molecule is CCC(CC)CNCCSC(F)(F)F. The highest BCUT2D eigenvalue weighted by molar-refractivity contribution is 8.00. The number of alkyl halides is 3. The highest BCUT2D eigenvalue weighted by atomic mass is 32.2. The van der Waals surface area contributed by atoms with Gasteiger partial charge in [0.25, 0.3) is 0 Å². The molecule has 5 heteroatoms. The Morgan fingerprint density at radius 2 is 1.79 bits per heavy atom. The Kier molecular flexibility index (Phi) is 7.45. The van der Waals surface area contributed by atoms with Crippen LogP contribution in [0.3, 0.4) is 0 Å². The second-order valence-electron chi connectivity index (χ2n) is 3.18. The summed E-state index contributed by atoms with van der Waals surface area (Å²) < 4.78 is 35.1. The monoisotopic (exact) mass is 229 g/mol. The molecule has 0 aromatic carbocycles. The zero-order valence-corrected chi connectivity index (χ0v) is 9.47. The van der Waals surface area contributed by atoms with Gasteiger partial charge in [0.15, 0.2) is 0 Å². The molecule has 86 valence electrons. The highest BCUT2D eigenvalue weighted by Crippen LogP contribution is 2.29. The van der Waals surface area contributed by atoms with Crippen molar-refractivity contribution >= 4 is 11.8 Å². The van der Waals surface area contributed by atoms with Crippen LogP contribution >= 0.6 is 11.8 Å². The van der Waals surface area contributed by atoms with Crippen molar-refractivity contribution in [1.29, 1.82) is 0 Å². The Hall–Kier alpha value is 0.100. The van der Waals surface area contributed by atoms with Crippen LogP contribution in [0.2, 0.25) is 0 Å². The van der Waals surface area contributed by atoms with Gasteiger partial charge in [-0.1, -0.05) is 26.7 Å². The van der Waals surface area contributed by atoms with Gasteiger partial charge in [-0.25, -0.2) is 0 Å². The van der Waals surface area contributed by atoms with E-state index in [1.54, 1.807) is 0 Å². The molecule has 0 saturated heterocycles. The first kappa shape index (κ1) is 14.1. The molecular weight excluding hydrogens is 211 g/mol. The molecule has 14 heavy (non-hydrogen) atoms. The molecule has 0 bridgehead atoms. The van der Waals surface area contributed by atoms with E-state index >= 15 is 0 Å². The minimum absolute atomic E-state index is 0.0379. The molecule has 0 saturated carbocycles. The predicted molar refractivity (Wildman–Crippen MR) is 55.5 cm³/mol. The van der Waals surface area contributed by atoms with Crippen LogP contribution in [-0.2, 0) is 0 Å². The van der Waals surface area contributed by atoms with E-state index in [9.17, 15) is 13.2 Å². The number of thioether (sulfide) groups is 1. The second-order valence-corrected chi connectivity index (χ2v) is 4.34. The predicted octanol–water partition coefficient (Wildman–Crippen LogP) is 3.27. The Morgan fingerprint density at radius 1 is 1.21 bits per heavy atom. The number of hydrogen-bond acceptors (Lipinski definition) is 2. The van der Waals surface area contributed by atoms with Gasteiger partial charge >= 0.3 is 5.51 Å². The minimum atomic E-state index is -4.09. The number of hydrogen-bond donors (Lipinski definition) is 1. The fraction of sp³-hybridized carbons (Fsp3) is 1.00. The summed E-state index contributed by atoms with van der Waals surface area (Å²) in [6.45, 7) is 5.45. The van der Waals surface area contributed by atoms with Crippen molar-refractivity contribution in [3.63, 3.8) is 0 Å². The molecule has 0 aliphatic heterocycles. The molecule has 0 aliphatic carbocycles. The summed E-state index contributed by atoms with van der Waals surface area (Å²) in [7, 11) is 0. The first-order valence-corrected chi connectivity index (χ1v) is 5.89. The lowest BCUT2D eigenvalue weighted by molar-refractivity contribution is -0.0327. The summed E-state index contributed by atoms with van der Waals surface area (Å²) in [5.41, 5.74) is -4.09. The van der Waals surface area contributed by atoms with Crippen LogP contribution in [0.15, 0.2) is 0 Å². The topological polar surface area (TPSA) is 12.0 Å². The maximum absolute atomic E-state index is 11.7. The maximum atomic E-state index is 11.7. The molecule has 0 atom stereocenters. The normalized spacial score (nSPS) is 12.4. The number of rotatable bonds is 7. The van der Waals surface area contributed by atoms with Crippen molar-refractivity contribution in [3.8, 4) is 0 Å². The van der Waals surface area contributed by atoms with Crippen LogP contribution in [-0.4, -0.2) is 24.4 Å². The fourth-order valence-corrected chi connectivity index (χ4v) is 1.60. The molecule has 0 radical (unpaired) electrons. The van der Waals surface area contributed by atoms with Crippen molar-refractivity contribution in [3.05, 3.63) is 0 Å². The summed E-state index contributed by atoms with van der Waals surface area (Å²) in [6, 6.07) is 0. The molecule has 0 aliphatic rings. The van der Waals surface area contributed by atoms with Crippen molar-refractivity contribution in [2.45, 2.75) is 32.2 Å². The Labute approximate surface area is 87.8 Å². The van der Waals surface area contributed by atoms with E-state index in [1.807, 2.05) is 0 Å². The van der Waals surface area contributed by atoms with E-state index < -0.39 is 5.51 Å². The van der Waals surface area contributed by atoms with Crippen molar-refractivity contribution in [1.82, 2.24) is 5.32 Å². The minimum Gasteiger partial charge on any atom is -0.316 e. The standard InChI is InChI=1S/C9H18F3NS/c1-3-8(4-2)7-13-5-6-14-9(10,11)12/h8,13H,3-7H2,1-2H3. The van der Waals surface area contributed by atoms with E-state index in [0.29, 0.717) is 12.5 Å². The largest absolute Gasteiger partial charge is 0.441 e. The molecule has 0 aromatic rings. The average molecular weight is 229 g/mol. The second kappa shape index (κ2) is 7.40. The van der Waals surface area contributed by atoms with Crippen LogP contribution in [0.1, 0.15) is 26.7 Å². The molecule has 1 N–H and O–H groups in total. The van der Waals surface area contributed by atoms with Gasteiger partial charge in [0.2, 0.25) is 0 Å². The van der Waals surface area contributed by atoms with Crippen LogP contribution in [0.4, 0.5) is 13.2 Å². The first-order chi connectivity index (χ1) is 6.49. The quantitative estimate of drug-likeness (QED) is 0.672. The lowest BCUT2D eigenvalue weighted by atomic mass is 10.0. The molecule has 0 rings (SSSR count). The van der Waals surface area contributed by atoms with Gasteiger partial charge in [-0.2, -0.15) is 13.2 Å². The summed E-state index contributed by atoms with van der Waals surface area (Å²) >= 11 is 0.0379. The molecule has 0 spiro atoms. The van der Waals surface area contributed by atoms with Crippen LogP contribution in [0.5, 0.6) is 0 Å². The van der Waals surface area contributed by atoms with E-state index in [0.717, 1.165) is 19.4 Å². The first-order valence-electron chi connectivity index (χ1n) is 4.91. The van der Waals surface area contributed by atoms with Crippen LogP contribution in [0, 0.1) is 5.92 Å². The summed E-state index contributed by atoms with van der Waals surface area (Å²) in [4.78, 5) is 0. The van der Waals surface area contributed by atoms with E-state index in [-0.39, 0.29) is 17.5 Å². The van der Waals surface area contributed by atoms with E-state index in [4.69, 9.17) is 0 Å². The van der Waals surface area contributed by atoms with E-state index in [1.165, 1.54) is 0 Å². The van der Waals surface area contributed by atoms with Crippen molar-refractivity contribution in [2.24, 2.45) is 5.92 Å². The molecule has 0 fully saturated rings. The molecule has 0 amide bonds. The lowest BCUT2D eigenvalue weighted by Crippen LogP contribution is -2.25. The Morgan fingerprint density at radius 3 is 2.21 bits per heavy atom.